The summed E-state index contributed by atoms with van der Waals surface area (Å²) in [6.07, 6.45) is 1.59. The minimum Gasteiger partial charge on any atom is -0.476 e. The van der Waals surface area contributed by atoms with Crippen molar-refractivity contribution in [3.05, 3.63) is 58.4 Å². The number of nitrogens with one attached hydrogen (secondary N) is 1. The number of hydrogen-bond acceptors (Lipinski definition) is 5. The van der Waals surface area contributed by atoms with Gasteiger partial charge in [0.05, 0.1) is 17.3 Å². The van der Waals surface area contributed by atoms with Crippen LogP contribution in [0, 0.1) is 6.92 Å². The molecule has 0 spiro atoms. The second kappa shape index (κ2) is 7.55. The van der Waals surface area contributed by atoms with Gasteiger partial charge in [0.25, 0.3) is 5.91 Å². The maximum atomic E-state index is 12.6. The molecule has 0 bridgehead atoms. The number of carbonyl (C=O) groups excluding carboxylic acids is 1. The molecule has 8 heteroatoms. The highest BCUT2D eigenvalue weighted by Crippen LogP contribution is 2.25. The average Bonchev–Trinajstić information content (AvgIpc) is 3.26. The minimum absolute atomic E-state index is 0.0324. The maximum Gasteiger partial charge on any atom is 0.355 e. The summed E-state index contributed by atoms with van der Waals surface area (Å²) in [6.45, 7) is 8.35. The molecule has 1 amide bonds. The van der Waals surface area contributed by atoms with Gasteiger partial charge in [0.15, 0.2) is 5.69 Å². The molecule has 28 heavy (non-hydrogen) atoms. The number of aromatic nitrogens is 3. The van der Waals surface area contributed by atoms with Crippen molar-refractivity contribution < 1.29 is 14.7 Å². The highest BCUT2D eigenvalue weighted by atomic mass is 32.1. The molecule has 3 rings (SSSR count). The van der Waals surface area contributed by atoms with E-state index < -0.39 is 5.97 Å². The molecule has 2 heterocycles. The monoisotopic (exact) mass is 398 g/mol. The van der Waals surface area contributed by atoms with Gasteiger partial charge in [-0.25, -0.2) is 9.78 Å². The lowest BCUT2D eigenvalue weighted by atomic mass is 10.1. The fourth-order valence-electron chi connectivity index (χ4n) is 2.91. The van der Waals surface area contributed by atoms with Gasteiger partial charge in [-0.2, -0.15) is 5.10 Å². The van der Waals surface area contributed by atoms with Crippen molar-refractivity contribution in [1.29, 1.82) is 0 Å². The van der Waals surface area contributed by atoms with E-state index in [0.717, 1.165) is 16.8 Å². The number of amides is 1. The third kappa shape index (κ3) is 4.12. The van der Waals surface area contributed by atoms with Crippen LogP contribution in [0.4, 0.5) is 0 Å². The first-order chi connectivity index (χ1) is 13.2. The third-order valence-corrected chi connectivity index (χ3v) is 5.13. The van der Waals surface area contributed by atoms with Crippen LogP contribution < -0.4 is 5.32 Å². The number of carbonyl (C=O) groups is 2. The normalized spacial score (nSPS) is 11.4. The van der Waals surface area contributed by atoms with E-state index in [2.05, 4.69) is 15.4 Å². The topological polar surface area (TPSA) is 97.1 Å². The van der Waals surface area contributed by atoms with Gasteiger partial charge in [-0.15, -0.1) is 11.3 Å². The molecule has 2 aromatic heterocycles. The zero-order valence-electron chi connectivity index (χ0n) is 16.2. The third-order valence-electron chi connectivity index (χ3n) is 4.24. The quantitative estimate of drug-likeness (QED) is 0.683. The Bertz CT molecular complexity index is 1030. The summed E-state index contributed by atoms with van der Waals surface area (Å²) < 4.78 is 1.84. The van der Waals surface area contributed by atoms with Crippen LogP contribution in [0.2, 0.25) is 0 Å². The number of benzene rings is 1. The van der Waals surface area contributed by atoms with Crippen LogP contribution in [0.3, 0.4) is 0 Å². The Hall–Kier alpha value is -3.00. The van der Waals surface area contributed by atoms with Gasteiger partial charge < -0.3 is 10.4 Å². The molecule has 3 aromatic rings. The van der Waals surface area contributed by atoms with Gasteiger partial charge in [-0.05, 0) is 39.3 Å². The molecular weight excluding hydrogens is 376 g/mol. The summed E-state index contributed by atoms with van der Waals surface area (Å²) in [4.78, 5) is 27.7. The van der Waals surface area contributed by atoms with Crippen LogP contribution in [0.15, 0.2) is 35.8 Å². The Morgan fingerprint density at radius 2 is 2.04 bits per heavy atom. The van der Waals surface area contributed by atoms with Crippen molar-refractivity contribution in [2.45, 2.75) is 39.8 Å². The minimum atomic E-state index is -1.04. The van der Waals surface area contributed by atoms with Crippen molar-refractivity contribution in [1.82, 2.24) is 20.1 Å². The summed E-state index contributed by atoms with van der Waals surface area (Å²) in [6, 6.07) is 7.53. The summed E-state index contributed by atoms with van der Waals surface area (Å²) >= 11 is 1.28. The number of aromatic carboxylic acids is 1. The van der Waals surface area contributed by atoms with Crippen LogP contribution in [-0.2, 0) is 12.1 Å². The first kappa shape index (κ1) is 19.8. The summed E-state index contributed by atoms with van der Waals surface area (Å²) in [5.74, 6) is -1.22. The zero-order valence-corrected chi connectivity index (χ0v) is 17.0. The summed E-state index contributed by atoms with van der Waals surface area (Å²) in [5, 5.41) is 18.4. The first-order valence-electron chi connectivity index (χ1n) is 8.78. The Labute approximate surface area is 167 Å². The van der Waals surface area contributed by atoms with Gasteiger partial charge in [0.1, 0.15) is 5.01 Å². The van der Waals surface area contributed by atoms with E-state index in [4.69, 9.17) is 5.11 Å². The molecule has 0 atom stereocenters. The average molecular weight is 398 g/mol. The molecule has 0 saturated heterocycles. The Morgan fingerprint density at radius 1 is 1.29 bits per heavy atom. The zero-order chi connectivity index (χ0) is 20.5. The molecule has 146 valence electrons. The van der Waals surface area contributed by atoms with E-state index in [-0.39, 0.29) is 17.1 Å². The van der Waals surface area contributed by atoms with Crippen molar-refractivity contribution >= 4 is 23.2 Å². The highest BCUT2D eigenvalue weighted by molar-refractivity contribution is 7.13. The molecule has 0 fully saturated rings. The van der Waals surface area contributed by atoms with Crippen molar-refractivity contribution in [3.63, 3.8) is 0 Å². The summed E-state index contributed by atoms with van der Waals surface area (Å²) in [7, 11) is 0. The molecule has 0 aliphatic rings. The molecule has 0 aliphatic heterocycles. The Balaban J connectivity index is 1.72. The van der Waals surface area contributed by atoms with Gasteiger partial charge in [-0.1, -0.05) is 18.2 Å². The number of nitrogens with zero attached hydrogens (tertiary/aromatic N) is 3. The van der Waals surface area contributed by atoms with Crippen LogP contribution in [0.5, 0.6) is 0 Å². The molecule has 0 unspecified atom stereocenters. The molecule has 0 radical (unpaired) electrons. The van der Waals surface area contributed by atoms with Crippen molar-refractivity contribution in [3.8, 4) is 10.6 Å². The lowest BCUT2D eigenvalue weighted by Gasteiger charge is -2.21. The second-order valence-electron chi connectivity index (χ2n) is 7.45. The lowest BCUT2D eigenvalue weighted by Crippen LogP contribution is -2.26. The predicted octanol–water partition coefficient (Wildman–Crippen LogP) is 3.70. The van der Waals surface area contributed by atoms with Crippen LogP contribution >= 0.6 is 11.3 Å². The van der Waals surface area contributed by atoms with Crippen LogP contribution in [-0.4, -0.2) is 31.7 Å². The maximum absolute atomic E-state index is 12.6. The number of hydrogen-bond donors (Lipinski definition) is 2. The van der Waals surface area contributed by atoms with Gasteiger partial charge >= 0.3 is 5.97 Å². The van der Waals surface area contributed by atoms with E-state index in [1.54, 1.807) is 6.20 Å². The van der Waals surface area contributed by atoms with E-state index in [1.165, 1.54) is 16.7 Å². The molecular formula is C20H22N4O3S. The number of carboxylic acids is 1. The number of carboxylic acid groups (broad SMARTS) is 1. The molecule has 0 saturated carbocycles. The van der Waals surface area contributed by atoms with Gasteiger partial charge in [0, 0.05) is 23.2 Å². The molecule has 7 nitrogen and oxygen atoms in total. The van der Waals surface area contributed by atoms with Crippen molar-refractivity contribution in [2.75, 3.05) is 0 Å². The number of rotatable bonds is 5. The SMILES string of the molecule is Cc1c(C(=O)NCc2cccc(-c3nc(C(=O)O)cs3)c2)cnn1C(C)(C)C. The van der Waals surface area contributed by atoms with Crippen LogP contribution in [0.1, 0.15) is 52.9 Å². The smallest absolute Gasteiger partial charge is 0.355 e. The fraction of sp³-hybridized carbons (Fsp3) is 0.300. The molecule has 1 aromatic carbocycles. The second-order valence-corrected chi connectivity index (χ2v) is 8.31. The molecule has 2 N–H and O–H groups in total. The van der Waals surface area contributed by atoms with Gasteiger partial charge in [0.2, 0.25) is 0 Å². The van der Waals surface area contributed by atoms with Crippen molar-refractivity contribution in [2.24, 2.45) is 0 Å². The fourth-order valence-corrected chi connectivity index (χ4v) is 3.70. The predicted molar refractivity (Wildman–Crippen MR) is 108 cm³/mol. The van der Waals surface area contributed by atoms with E-state index in [1.807, 2.05) is 56.6 Å². The summed E-state index contributed by atoms with van der Waals surface area (Å²) in [5.41, 5.74) is 2.93. The molecule has 0 aliphatic carbocycles. The Morgan fingerprint density at radius 3 is 2.64 bits per heavy atom. The first-order valence-corrected chi connectivity index (χ1v) is 9.66. The van der Waals surface area contributed by atoms with E-state index in [0.29, 0.717) is 17.1 Å². The Kier molecular flexibility index (Phi) is 5.33. The van der Waals surface area contributed by atoms with E-state index >= 15 is 0 Å². The van der Waals surface area contributed by atoms with Gasteiger partial charge in [-0.3, -0.25) is 9.48 Å². The standard InChI is InChI=1S/C20H22N4O3S/c1-12-15(10-22-24(12)20(2,3)4)17(25)21-9-13-6-5-7-14(8-13)18-23-16(11-28-18)19(26)27/h5-8,10-11H,9H2,1-4H3,(H,21,25)(H,26,27). The lowest BCUT2D eigenvalue weighted by molar-refractivity contribution is 0.0691. The van der Waals surface area contributed by atoms with E-state index in [9.17, 15) is 9.59 Å². The van der Waals surface area contributed by atoms with Crippen LogP contribution in [0.25, 0.3) is 10.6 Å². The largest absolute Gasteiger partial charge is 0.476 e. The number of thiazole rings is 1. The highest BCUT2D eigenvalue weighted by Gasteiger charge is 2.21.